The Kier molecular flexibility index (Phi) is 2.73. The van der Waals surface area contributed by atoms with Crippen LogP contribution in [0.3, 0.4) is 0 Å². The number of hydrogen-bond donors (Lipinski definition) is 0. The summed E-state index contributed by atoms with van der Waals surface area (Å²) in [4.78, 5) is 16.3. The number of aromatic nitrogens is 1. The molecule has 0 aromatic carbocycles. The van der Waals surface area contributed by atoms with Gasteiger partial charge in [0.15, 0.2) is 5.78 Å². The molecular weight excluding hydrogens is 210 g/mol. The van der Waals surface area contributed by atoms with Crippen molar-refractivity contribution >= 4 is 5.78 Å². The molecule has 2 fully saturated rings. The molecule has 3 unspecified atom stereocenters. The van der Waals surface area contributed by atoms with Crippen molar-refractivity contribution in [1.82, 2.24) is 4.98 Å². The minimum atomic E-state index is 0.291. The maximum Gasteiger partial charge on any atom is 0.164 e. The number of carbonyl (C=O) groups is 1. The van der Waals surface area contributed by atoms with Crippen molar-refractivity contribution in [3.63, 3.8) is 0 Å². The number of aryl methyl sites for hydroxylation is 1. The molecule has 0 radical (unpaired) electrons. The first-order valence-corrected chi connectivity index (χ1v) is 6.67. The Bertz CT molecular complexity index is 440. The normalized spacial score (nSPS) is 30.8. The summed E-state index contributed by atoms with van der Waals surface area (Å²) in [5, 5.41) is 0. The van der Waals surface area contributed by atoms with E-state index in [1.54, 1.807) is 12.4 Å². The summed E-state index contributed by atoms with van der Waals surface area (Å²) in [6, 6.07) is 1.96. The van der Waals surface area contributed by atoms with Crippen molar-refractivity contribution in [1.29, 1.82) is 0 Å². The Morgan fingerprint density at radius 2 is 2.24 bits per heavy atom. The zero-order valence-corrected chi connectivity index (χ0v) is 10.4. The second-order valence-electron chi connectivity index (χ2n) is 5.81. The van der Waals surface area contributed by atoms with Gasteiger partial charge in [0.2, 0.25) is 0 Å². The lowest BCUT2D eigenvalue weighted by molar-refractivity contribution is 0.0944. The maximum absolute atomic E-state index is 12.2. The molecule has 1 aromatic rings. The van der Waals surface area contributed by atoms with E-state index >= 15 is 0 Å². The average molecular weight is 229 g/mol. The molecule has 3 rings (SSSR count). The summed E-state index contributed by atoms with van der Waals surface area (Å²) in [6.45, 7) is 1.99. The van der Waals surface area contributed by atoms with Crippen LogP contribution in [-0.4, -0.2) is 10.8 Å². The molecule has 0 amide bonds. The number of Topliss-reactive ketones (excluding diaryl/α,β-unsaturated/α-hetero) is 1. The third kappa shape index (κ3) is 2.13. The number of fused-ring (bicyclic) bond motifs is 2. The van der Waals surface area contributed by atoms with Crippen LogP contribution in [0.2, 0.25) is 0 Å². The van der Waals surface area contributed by atoms with Gasteiger partial charge in [-0.3, -0.25) is 9.78 Å². The van der Waals surface area contributed by atoms with Crippen LogP contribution < -0.4 is 0 Å². The van der Waals surface area contributed by atoms with Crippen LogP contribution in [-0.2, 0) is 0 Å². The van der Waals surface area contributed by atoms with Gasteiger partial charge < -0.3 is 0 Å². The molecule has 2 saturated carbocycles. The van der Waals surface area contributed by atoms with Crippen LogP contribution >= 0.6 is 0 Å². The highest BCUT2D eigenvalue weighted by molar-refractivity contribution is 5.96. The van der Waals surface area contributed by atoms with Crippen molar-refractivity contribution < 1.29 is 4.79 Å². The molecule has 0 aliphatic heterocycles. The number of ketones is 1. The number of rotatable bonds is 3. The SMILES string of the molecule is Cc1cncc(C(=O)CC2CC3CCC2C3)c1. The molecule has 2 aliphatic carbocycles. The van der Waals surface area contributed by atoms with Crippen molar-refractivity contribution in [2.24, 2.45) is 17.8 Å². The largest absolute Gasteiger partial charge is 0.294 e. The number of nitrogens with zero attached hydrogens (tertiary/aromatic N) is 1. The van der Waals surface area contributed by atoms with Gasteiger partial charge in [-0.1, -0.05) is 6.42 Å². The minimum absolute atomic E-state index is 0.291. The molecule has 3 atom stereocenters. The maximum atomic E-state index is 12.2. The van der Waals surface area contributed by atoms with E-state index in [0.29, 0.717) is 11.7 Å². The van der Waals surface area contributed by atoms with Gasteiger partial charge in [0.25, 0.3) is 0 Å². The smallest absolute Gasteiger partial charge is 0.164 e. The third-order valence-corrected chi connectivity index (χ3v) is 4.53. The summed E-state index contributed by atoms with van der Waals surface area (Å²) >= 11 is 0. The van der Waals surface area contributed by atoms with Gasteiger partial charge in [-0.2, -0.15) is 0 Å². The van der Waals surface area contributed by atoms with Gasteiger partial charge >= 0.3 is 0 Å². The lowest BCUT2D eigenvalue weighted by Gasteiger charge is -2.20. The fourth-order valence-electron chi connectivity index (χ4n) is 3.69. The average Bonchev–Trinajstić information content (AvgIpc) is 2.91. The number of carbonyl (C=O) groups excluding carboxylic acids is 1. The number of pyridine rings is 1. The molecule has 2 nitrogen and oxygen atoms in total. The zero-order chi connectivity index (χ0) is 11.8. The van der Waals surface area contributed by atoms with Gasteiger partial charge in [-0.05, 0) is 55.6 Å². The molecule has 17 heavy (non-hydrogen) atoms. The van der Waals surface area contributed by atoms with E-state index < -0.39 is 0 Å². The predicted molar refractivity (Wildman–Crippen MR) is 66.9 cm³/mol. The monoisotopic (exact) mass is 229 g/mol. The van der Waals surface area contributed by atoms with E-state index in [1.165, 1.54) is 25.7 Å². The third-order valence-electron chi connectivity index (χ3n) is 4.53. The van der Waals surface area contributed by atoms with E-state index in [0.717, 1.165) is 29.4 Å². The molecule has 0 N–H and O–H groups in total. The van der Waals surface area contributed by atoms with Crippen molar-refractivity contribution in [3.05, 3.63) is 29.6 Å². The van der Waals surface area contributed by atoms with Crippen LogP contribution in [0.15, 0.2) is 18.5 Å². The lowest BCUT2D eigenvalue weighted by Crippen LogP contribution is -2.15. The summed E-state index contributed by atoms with van der Waals surface area (Å²) in [6.07, 6.45) is 9.68. The van der Waals surface area contributed by atoms with E-state index in [2.05, 4.69) is 4.98 Å². The van der Waals surface area contributed by atoms with Gasteiger partial charge in [-0.25, -0.2) is 0 Å². The standard InChI is InChI=1S/C15H19NO/c1-10-4-14(9-16-8-10)15(17)7-13-6-11-2-3-12(13)5-11/h4,8-9,11-13H,2-3,5-7H2,1H3. The van der Waals surface area contributed by atoms with Crippen molar-refractivity contribution in [2.45, 2.75) is 39.0 Å². The first kappa shape index (κ1) is 10.9. The summed E-state index contributed by atoms with van der Waals surface area (Å²) in [5.74, 6) is 2.70. The molecule has 0 spiro atoms. The number of hydrogen-bond acceptors (Lipinski definition) is 2. The molecule has 2 heteroatoms. The summed E-state index contributed by atoms with van der Waals surface area (Å²) in [7, 11) is 0. The van der Waals surface area contributed by atoms with Crippen molar-refractivity contribution in [3.8, 4) is 0 Å². The molecule has 0 saturated heterocycles. The van der Waals surface area contributed by atoms with E-state index in [9.17, 15) is 4.79 Å². The van der Waals surface area contributed by atoms with Gasteiger partial charge in [0.05, 0.1) is 0 Å². The predicted octanol–water partition coefficient (Wildman–Crippen LogP) is 3.40. The topological polar surface area (TPSA) is 30.0 Å². The van der Waals surface area contributed by atoms with Gasteiger partial charge in [0.1, 0.15) is 0 Å². The Balaban J connectivity index is 1.68. The van der Waals surface area contributed by atoms with Crippen LogP contribution in [0.1, 0.15) is 48.0 Å². The minimum Gasteiger partial charge on any atom is -0.294 e. The summed E-state index contributed by atoms with van der Waals surface area (Å²) in [5.41, 5.74) is 1.87. The lowest BCUT2D eigenvalue weighted by atomic mass is 9.84. The summed E-state index contributed by atoms with van der Waals surface area (Å²) < 4.78 is 0. The van der Waals surface area contributed by atoms with Gasteiger partial charge in [-0.15, -0.1) is 0 Å². The van der Waals surface area contributed by atoms with Crippen molar-refractivity contribution in [2.75, 3.05) is 0 Å². The molecule has 1 aromatic heterocycles. The first-order valence-electron chi connectivity index (χ1n) is 6.67. The molecule has 90 valence electrons. The molecule has 2 aliphatic rings. The van der Waals surface area contributed by atoms with Crippen LogP contribution in [0, 0.1) is 24.7 Å². The first-order chi connectivity index (χ1) is 8.22. The highest BCUT2D eigenvalue weighted by atomic mass is 16.1. The molecule has 1 heterocycles. The van der Waals surface area contributed by atoms with E-state index in [1.807, 2.05) is 13.0 Å². The Labute approximate surface area is 102 Å². The van der Waals surface area contributed by atoms with E-state index in [4.69, 9.17) is 0 Å². The Morgan fingerprint density at radius 3 is 2.88 bits per heavy atom. The van der Waals surface area contributed by atoms with Crippen LogP contribution in [0.25, 0.3) is 0 Å². The fourth-order valence-corrected chi connectivity index (χ4v) is 3.69. The fraction of sp³-hybridized carbons (Fsp3) is 0.600. The molecule has 2 bridgehead atoms. The second-order valence-corrected chi connectivity index (χ2v) is 5.81. The molecular formula is C15H19NO. The highest BCUT2D eigenvalue weighted by Crippen LogP contribution is 2.49. The second kappa shape index (κ2) is 4.25. The zero-order valence-electron chi connectivity index (χ0n) is 10.4. The quantitative estimate of drug-likeness (QED) is 0.743. The Hall–Kier alpha value is -1.18. The van der Waals surface area contributed by atoms with E-state index in [-0.39, 0.29) is 0 Å². The van der Waals surface area contributed by atoms with Crippen LogP contribution in [0.4, 0.5) is 0 Å². The van der Waals surface area contributed by atoms with Gasteiger partial charge in [0, 0.05) is 24.4 Å². The Morgan fingerprint density at radius 1 is 1.35 bits per heavy atom. The highest BCUT2D eigenvalue weighted by Gasteiger charge is 2.40. The van der Waals surface area contributed by atoms with Crippen LogP contribution in [0.5, 0.6) is 0 Å².